The summed E-state index contributed by atoms with van der Waals surface area (Å²) in [6.45, 7) is -1.46. The van der Waals surface area contributed by atoms with Gasteiger partial charge in [0, 0.05) is 5.56 Å². The van der Waals surface area contributed by atoms with E-state index in [4.69, 9.17) is 14.5 Å². The zero-order valence-electron chi connectivity index (χ0n) is 15.2. The number of hydrogen-bond acceptors (Lipinski definition) is 5. The fraction of sp³-hybridized carbons (Fsp3) is 0.684. The smallest absolute Gasteiger partial charge is 0.423 e. The van der Waals surface area contributed by atoms with E-state index < -0.39 is 31.3 Å². The molecule has 5 aliphatic rings. The van der Waals surface area contributed by atoms with Gasteiger partial charge in [-0.15, -0.1) is 0 Å². The van der Waals surface area contributed by atoms with Crippen molar-refractivity contribution in [3.8, 4) is 0 Å². The lowest BCUT2D eigenvalue weighted by Crippen LogP contribution is -2.77. The van der Waals surface area contributed by atoms with Crippen LogP contribution in [0.5, 0.6) is 0 Å². The van der Waals surface area contributed by atoms with E-state index in [9.17, 15) is 23.2 Å². The number of benzene rings is 1. The summed E-state index contributed by atoms with van der Waals surface area (Å²) >= 11 is 0. The van der Waals surface area contributed by atoms with Gasteiger partial charge in [-0.2, -0.15) is 18.1 Å². The van der Waals surface area contributed by atoms with E-state index in [-0.39, 0.29) is 17.3 Å². The van der Waals surface area contributed by atoms with E-state index in [2.05, 4.69) is 0 Å². The third-order valence-corrected chi connectivity index (χ3v) is 7.17. The maximum absolute atomic E-state index is 13.1. The van der Waals surface area contributed by atoms with E-state index in [0.29, 0.717) is 17.4 Å². The fourth-order valence-corrected chi connectivity index (χ4v) is 6.35. The molecule has 0 aromatic heterocycles. The first-order valence-electron chi connectivity index (χ1n) is 9.77. The third-order valence-electron chi connectivity index (χ3n) is 7.17. The molecule has 5 nitrogen and oxygen atoms in total. The van der Waals surface area contributed by atoms with Crippen molar-refractivity contribution in [3.63, 3.8) is 0 Å². The van der Waals surface area contributed by atoms with Crippen LogP contribution in [0, 0.1) is 23.7 Å². The van der Waals surface area contributed by atoms with Crippen molar-refractivity contribution in [3.05, 3.63) is 29.8 Å². The highest BCUT2D eigenvalue weighted by molar-refractivity contribution is 6.58. The SMILES string of the molecule is OB(O)c1cccc(C2(OCC(F)(F)F)OOC23C2CC4CC(C2)CC3C4)c1. The minimum absolute atomic E-state index is 0.0634. The maximum atomic E-state index is 13.1. The molecule has 0 amide bonds. The van der Waals surface area contributed by atoms with Crippen molar-refractivity contribution in [1.82, 2.24) is 0 Å². The van der Waals surface area contributed by atoms with Crippen LogP contribution >= 0.6 is 0 Å². The van der Waals surface area contributed by atoms with E-state index >= 15 is 0 Å². The van der Waals surface area contributed by atoms with Crippen molar-refractivity contribution < 1.29 is 37.7 Å². The van der Waals surface area contributed by atoms with Crippen LogP contribution in [0.25, 0.3) is 0 Å². The Balaban J connectivity index is 1.59. The molecular weight excluding hydrogens is 376 g/mol. The molecule has 5 fully saturated rings. The first-order chi connectivity index (χ1) is 13.2. The van der Waals surface area contributed by atoms with Gasteiger partial charge in [0.25, 0.3) is 5.79 Å². The van der Waals surface area contributed by atoms with Crippen LogP contribution in [-0.4, -0.2) is 35.6 Å². The summed E-state index contributed by atoms with van der Waals surface area (Å²) in [6.07, 6.45) is 0.261. The van der Waals surface area contributed by atoms with E-state index in [1.165, 1.54) is 18.6 Å². The Morgan fingerprint density at radius 3 is 2.18 bits per heavy atom. The second-order valence-corrected chi connectivity index (χ2v) is 8.78. The number of halogens is 3. The van der Waals surface area contributed by atoms with Crippen LogP contribution in [0.2, 0.25) is 0 Å². The van der Waals surface area contributed by atoms with Gasteiger partial charge in [0.1, 0.15) is 6.61 Å². The minimum Gasteiger partial charge on any atom is -0.423 e. The lowest BCUT2D eigenvalue weighted by Gasteiger charge is -2.68. The average Bonchev–Trinajstić information content (AvgIpc) is 2.60. The predicted octanol–water partition coefficient (Wildman–Crippen LogP) is 2.25. The molecular formula is C19H22BF3O5. The summed E-state index contributed by atoms with van der Waals surface area (Å²) in [5, 5.41) is 19.1. The molecule has 1 heterocycles. The molecule has 1 aromatic carbocycles. The van der Waals surface area contributed by atoms with Crippen molar-refractivity contribution in [1.29, 1.82) is 0 Å². The first-order valence-corrected chi connectivity index (χ1v) is 9.77. The fourth-order valence-electron chi connectivity index (χ4n) is 6.35. The quantitative estimate of drug-likeness (QED) is 0.602. The van der Waals surface area contributed by atoms with Gasteiger partial charge in [-0.3, -0.25) is 0 Å². The molecule has 0 radical (unpaired) electrons. The summed E-state index contributed by atoms with van der Waals surface area (Å²) in [4.78, 5) is 11.1. The summed E-state index contributed by atoms with van der Waals surface area (Å²) < 4.78 is 44.7. The first kappa shape index (κ1) is 18.9. The Hall–Kier alpha value is -1.13. The zero-order valence-corrected chi connectivity index (χ0v) is 15.2. The van der Waals surface area contributed by atoms with Crippen molar-refractivity contribution in [2.24, 2.45) is 23.7 Å². The Kier molecular flexibility index (Phi) is 4.17. The van der Waals surface area contributed by atoms with Crippen molar-refractivity contribution in [2.45, 2.75) is 49.7 Å². The Bertz CT molecular complexity index is 742. The van der Waals surface area contributed by atoms with Gasteiger partial charge in [-0.05, 0) is 61.2 Å². The van der Waals surface area contributed by atoms with Crippen LogP contribution in [0.4, 0.5) is 13.2 Å². The van der Waals surface area contributed by atoms with Gasteiger partial charge in [0.15, 0.2) is 5.60 Å². The molecule has 28 heavy (non-hydrogen) atoms. The second kappa shape index (κ2) is 6.19. The van der Waals surface area contributed by atoms with Crippen LogP contribution in [-0.2, 0) is 20.3 Å². The molecule has 1 atom stereocenters. The highest BCUT2D eigenvalue weighted by Gasteiger charge is 2.77. The number of hydrogen-bond donors (Lipinski definition) is 2. The predicted molar refractivity (Wildman–Crippen MR) is 91.9 cm³/mol. The number of rotatable bonds is 4. The van der Waals surface area contributed by atoms with Crippen LogP contribution in [0.15, 0.2) is 24.3 Å². The van der Waals surface area contributed by atoms with Crippen LogP contribution < -0.4 is 5.46 Å². The lowest BCUT2D eigenvalue weighted by atomic mass is 9.47. The molecule has 6 rings (SSSR count). The molecule has 1 saturated heterocycles. The molecule has 1 aliphatic heterocycles. The van der Waals surface area contributed by atoms with Gasteiger partial charge >= 0.3 is 13.3 Å². The van der Waals surface area contributed by atoms with Crippen molar-refractivity contribution >= 4 is 12.6 Å². The molecule has 4 aliphatic carbocycles. The molecule has 1 unspecified atom stereocenters. The highest BCUT2D eigenvalue weighted by atomic mass is 19.4. The lowest BCUT2D eigenvalue weighted by molar-refractivity contribution is -0.650. The van der Waals surface area contributed by atoms with Gasteiger partial charge in [0.05, 0.1) is 0 Å². The number of ether oxygens (including phenoxy) is 1. The van der Waals surface area contributed by atoms with Gasteiger partial charge in [-0.25, -0.2) is 4.89 Å². The van der Waals surface area contributed by atoms with E-state index in [1.807, 2.05) is 0 Å². The Morgan fingerprint density at radius 1 is 1.04 bits per heavy atom. The normalized spacial score (nSPS) is 41.3. The zero-order chi connectivity index (χ0) is 19.7. The summed E-state index contributed by atoms with van der Waals surface area (Å²) in [5.41, 5.74) is -0.465. The van der Waals surface area contributed by atoms with Crippen LogP contribution in [0.1, 0.15) is 37.7 Å². The summed E-state index contributed by atoms with van der Waals surface area (Å²) in [7, 11) is -1.74. The Labute approximate surface area is 160 Å². The molecule has 9 heteroatoms. The Morgan fingerprint density at radius 2 is 1.68 bits per heavy atom. The van der Waals surface area contributed by atoms with E-state index in [1.54, 1.807) is 12.1 Å². The molecule has 1 spiro atoms. The largest absolute Gasteiger partial charge is 0.488 e. The number of alkyl halides is 3. The van der Waals surface area contributed by atoms with Gasteiger partial charge in [-0.1, -0.05) is 24.3 Å². The van der Waals surface area contributed by atoms with E-state index in [0.717, 1.165) is 25.7 Å². The molecule has 4 saturated carbocycles. The topological polar surface area (TPSA) is 68.2 Å². The van der Waals surface area contributed by atoms with Crippen LogP contribution in [0.3, 0.4) is 0 Å². The molecule has 152 valence electrons. The maximum Gasteiger partial charge on any atom is 0.488 e. The standard InChI is InChI=1S/C19H22BF3O5/c21-17(22,23)10-26-19(13-2-1-3-16(9-13)20(24)25)18(27-28-19)14-5-11-4-12(7-14)8-15(18)6-11/h1-3,9,11-12,14-15,24-25H,4-8,10H2. The second-order valence-electron chi connectivity index (χ2n) is 8.78. The summed E-state index contributed by atoms with van der Waals surface area (Å²) in [6, 6.07) is 6.11. The highest BCUT2D eigenvalue weighted by Crippen LogP contribution is 2.69. The van der Waals surface area contributed by atoms with Gasteiger partial charge < -0.3 is 14.8 Å². The van der Waals surface area contributed by atoms with Crippen molar-refractivity contribution in [2.75, 3.05) is 6.61 Å². The molecule has 4 bridgehead atoms. The average molecular weight is 398 g/mol. The van der Waals surface area contributed by atoms with Gasteiger partial charge in [0.2, 0.25) is 0 Å². The third kappa shape index (κ3) is 2.60. The minimum atomic E-state index is -4.52. The summed E-state index contributed by atoms with van der Waals surface area (Å²) in [5.74, 6) is -0.399. The molecule has 1 aromatic rings. The monoisotopic (exact) mass is 398 g/mol. The molecule has 2 N–H and O–H groups in total.